The first kappa shape index (κ1) is 32.2. The molecule has 0 saturated heterocycles. The van der Waals surface area contributed by atoms with Crippen molar-refractivity contribution in [3.05, 3.63) is 218 Å². The standard InChI is InChI=1S/C56H36/c1-3-16-37(17-4-1)38-30-32-41(33-31-38)54-45-23-9-11-25-47(45)55(48-26-12-10-24-46(48)54)42-34-35-51-52(36-42)56(44-29-15-21-39-18-7-8-22-43(39)44)50-28-14-13-27-49(50)53(51)40-19-5-2-6-20-40/h1-36H. The van der Waals surface area contributed by atoms with Gasteiger partial charge in [-0.3, -0.25) is 0 Å². The molecule has 0 N–H and O–H groups in total. The molecule has 11 rings (SSSR count). The summed E-state index contributed by atoms with van der Waals surface area (Å²) in [5.41, 5.74) is 12.5. The number of benzene rings is 11. The van der Waals surface area contributed by atoms with Crippen LogP contribution < -0.4 is 0 Å². The van der Waals surface area contributed by atoms with E-state index in [1.165, 1.54) is 109 Å². The molecule has 0 spiro atoms. The second-order valence-electron chi connectivity index (χ2n) is 14.7. The first-order chi connectivity index (χ1) is 27.8. The summed E-state index contributed by atoms with van der Waals surface area (Å²) < 4.78 is 0. The lowest BCUT2D eigenvalue weighted by atomic mass is 9.82. The van der Waals surface area contributed by atoms with Gasteiger partial charge in [0.25, 0.3) is 0 Å². The zero-order valence-corrected chi connectivity index (χ0v) is 30.8. The van der Waals surface area contributed by atoms with Gasteiger partial charge in [-0.1, -0.05) is 212 Å². The van der Waals surface area contributed by atoms with Gasteiger partial charge in [0.05, 0.1) is 0 Å². The average Bonchev–Trinajstić information content (AvgIpc) is 3.27. The molecule has 0 fully saturated rings. The highest BCUT2D eigenvalue weighted by Gasteiger charge is 2.21. The highest BCUT2D eigenvalue weighted by Crippen LogP contribution is 2.49. The van der Waals surface area contributed by atoms with Gasteiger partial charge in [-0.2, -0.15) is 0 Å². The van der Waals surface area contributed by atoms with E-state index in [2.05, 4.69) is 218 Å². The molecular weight excluding hydrogens is 673 g/mol. The van der Waals surface area contributed by atoms with Gasteiger partial charge in [-0.25, -0.2) is 0 Å². The third kappa shape index (κ3) is 5.15. The molecule has 11 aromatic rings. The molecule has 0 aliphatic carbocycles. The van der Waals surface area contributed by atoms with E-state index in [9.17, 15) is 0 Å². The number of rotatable bonds is 5. The van der Waals surface area contributed by atoms with Crippen molar-refractivity contribution in [1.29, 1.82) is 0 Å². The van der Waals surface area contributed by atoms with E-state index >= 15 is 0 Å². The van der Waals surface area contributed by atoms with Gasteiger partial charge < -0.3 is 0 Å². The molecule has 0 heterocycles. The monoisotopic (exact) mass is 708 g/mol. The molecule has 0 nitrogen and oxygen atoms in total. The molecule has 0 heteroatoms. The predicted molar refractivity (Wildman–Crippen MR) is 241 cm³/mol. The molecule has 0 radical (unpaired) electrons. The second-order valence-corrected chi connectivity index (χ2v) is 14.7. The number of hydrogen-bond donors (Lipinski definition) is 0. The highest BCUT2D eigenvalue weighted by atomic mass is 14.2. The Balaban J connectivity index is 1.23. The Morgan fingerprint density at radius 1 is 0.179 bits per heavy atom. The predicted octanol–water partition coefficient (Wildman–Crippen LogP) is 15.8. The van der Waals surface area contributed by atoms with Gasteiger partial charge >= 0.3 is 0 Å². The Hall–Kier alpha value is -7.28. The first-order valence-corrected chi connectivity index (χ1v) is 19.4. The fraction of sp³-hybridized carbons (Fsp3) is 0. The molecule has 0 unspecified atom stereocenters. The Morgan fingerprint density at radius 2 is 0.536 bits per heavy atom. The van der Waals surface area contributed by atoms with E-state index < -0.39 is 0 Å². The summed E-state index contributed by atoms with van der Waals surface area (Å²) in [4.78, 5) is 0. The maximum Gasteiger partial charge on any atom is -0.00199 e. The normalized spacial score (nSPS) is 11.6. The molecular formula is C56H36. The third-order valence-corrected chi connectivity index (χ3v) is 11.6. The summed E-state index contributed by atoms with van der Waals surface area (Å²) in [5, 5.41) is 12.6. The number of hydrogen-bond acceptors (Lipinski definition) is 0. The minimum atomic E-state index is 1.21. The van der Waals surface area contributed by atoms with Gasteiger partial charge in [-0.05, 0) is 116 Å². The molecule has 56 heavy (non-hydrogen) atoms. The lowest BCUT2D eigenvalue weighted by Crippen LogP contribution is -1.94. The molecule has 0 aliphatic rings. The topological polar surface area (TPSA) is 0 Å². The second kappa shape index (κ2) is 13.2. The van der Waals surface area contributed by atoms with Gasteiger partial charge in [0, 0.05) is 0 Å². The van der Waals surface area contributed by atoms with Crippen molar-refractivity contribution in [3.8, 4) is 55.6 Å². The van der Waals surface area contributed by atoms with Crippen LogP contribution in [0, 0.1) is 0 Å². The quantitative estimate of drug-likeness (QED) is 0.156. The molecule has 0 atom stereocenters. The van der Waals surface area contributed by atoms with Crippen LogP contribution in [0.3, 0.4) is 0 Å². The smallest absolute Gasteiger partial charge is 0.00199 e. The molecule has 0 aliphatic heterocycles. The maximum atomic E-state index is 2.48. The molecule has 0 saturated carbocycles. The van der Waals surface area contributed by atoms with Crippen LogP contribution in [-0.4, -0.2) is 0 Å². The zero-order valence-electron chi connectivity index (χ0n) is 30.8. The van der Waals surface area contributed by atoms with Crippen LogP contribution in [0.4, 0.5) is 0 Å². The maximum absolute atomic E-state index is 2.48. The zero-order chi connectivity index (χ0) is 37.0. The van der Waals surface area contributed by atoms with Crippen molar-refractivity contribution in [3.63, 3.8) is 0 Å². The Bertz CT molecular complexity index is 3200. The summed E-state index contributed by atoms with van der Waals surface area (Å²) in [6, 6.07) is 80.3. The minimum Gasteiger partial charge on any atom is -0.0622 e. The van der Waals surface area contributed by atoms with Gasteiger partial charge in [0.15, 0.2) is 0 Å². The average molecular weight is 709 g/mol. The Morgan fingerprint density at radius 3 is 1.11 bits per heavy atom. The molecule has 260 valence electrons. The third-order valence-electron chi connectivity index (χ3n) is 11.6. The van der Waals surface area contributed by atoms with E-state index in [1.54, 1.807) is 0 Å². The number of fused-ring (bicyclic) bond motifs is 5. The lowest BCUT2D eigenvalue weighted by molar-refractivity contribution is 1.61. The van der Waals surface area contributed by atoms with Gasteiger partial charge in [0.1, 0.15) is 0 Å². The summed E-state index contributed by atoms with van der Waals surface area (Å²) in [6.07, 6.45) is 0. The Labute approximate surface area is 326 Å². The van der Waals surface area contributed by atoms with E-state index in [0.29, 0.717) is 0 Å². The van der Waals surface area contributed by atoms with E-state index in [0.717, 1.165) is 0 Å². The van der Waals surface area contributed by atoms with Crippen LogP contribution in [0.1, 0.15) is 0 Å². The van der Waals surface area contributed by atoms with Gasteiger partial charge in [0.2, 0.25) is 0 Å². The van der Waals surface area contributed by atoms with Crippen molar-refractivity contribution in [2.75, 3.05) is 0 Å². The van der Waals surface area contributed by atoms with E-state index in [4.69, 9.17) is 0 Å². The highest BCUT2D eigenvalue weighted by molar-refractivity contribution is 6.26. The van der Waals surface area contributed by atoms with E-state index in [1.807, 2.05) is 0 Å². The molecule has 0 aromatic heterocycles. The summed E-state index contributed by atoms with van der Waals surface area (Å²) >= 11 is 0. The van der Waals surface area contributed by atoms with Crippen LogP contribution in [0.2, 0.25) is 0 Å². The van der Waals surface area contributed by atoms with Crippen LogP contribution in [0.15, 0.2) is 218 Å². The summed E-state index contributed by atoms with van der Waals surface area (Å²) in [5.74, 6) is 0. The molecule has 0 bridgehead atoms. The largest absolute Gasteiger partial charge is 0.0622 e. The van der Waals surface area contributed by atoms with Crippen molar-refractivity contribution in [2.45, 2.75) is 0 Å². The molecule has 11 aromatic carbocycles. The fourth-order valence-corrected chi connectivity index (χ4v) is 9.19. The minimum absolute atomic E-state index is 1.21. The van der Waals surface area contributed by atoms with Crippen molar-refractivity contribution in [2.24, 2.45) is 0 Å². The Kier molecular flexibility index (Phi) is 7.60. The summed E-state index contributed by atoms with van der Waals surface area (Å²) in [7, 11) is 0. The first-order valence-electron chi connectivity index (χ1n) is 19.4. The van der Waals surface area contributed by atoms with Crippen molar-refractivity contribution >= 4 is 53.9 Å². The van der Waals surface area contributed by atoms with Crippen LogP contribution in [-0.2, 0) is 0 Å². The van der Waals surface area contributed by atoms with Crippen LogP contribution >= 0.6 is 0 Å². The van der Waals surface area contributed by atoms with Crippen LogP contribution in [0.25, 0.3) is 109 Å². The SMILES string of the molecule is c1ccc(-c2ccc(-c3c4ccccc4c(-c4ccc5c(-c6ccccc6)c6ccccc6c(-c6cccc7ccccc67)c5c4)c4ccccc34)cc2)cc1. The lowest BCUT2D eigenvalue weighted by Gasteiger charge is -2.21. The van der Waals surface area contributed by atoms with Gasteiger partial charge in [-0.15, -0.1) is 0 Å². The van der Waals surface area contributed by atoms with E-state index in [-0.39, 0.29) is 0 Å². The van der Waals surface area contributed by atoms with Crippen LogP contribution in [0.5, 0.6) is 0 Å². The molecule has 0 amide bonds. The summed E-state index contributed by atoms with van der Waals surface area (Å²) in [6.45, 7) is 0. The van der Waals surface area contributed by atoms with Crippen molar-refractivity contribution in [1.82, 2.24) is 0 Å². The fourth-order valence-electron chi connectivity index (χ4n) is 9.19. The van der Waals surface area contributed by atoms with Crippen molar-refractivity contribution < 1.29 is 0 Å².